The molecule has 0 heterocycles. The molecule has 100 valence electrons. The largest absolute Gasteiger partial charge is 0.0579 e. The minimum absolute atomic E-state index is 0.212. The van der Waals surface area contributed by atoms with Gasteiger partial charge in [0.2, 0.25) is 0 Å². The van der Waals surface area contributed by atoms with Gasteiger partial charge in [0, 0.05) is 4.47 Å². The van der Waals surface area contributed by atoms with Gasteiger partial charge in [-0.25, -0.2) is 0 Å². The Kier molecular flexibility index (Phi) is 3.87. The number of hydrogen-bond acceptors (Lipinski definition) is 0. The van der Waals surface area contributed by atoms with Gasteiger partial charge in [-0.1, -0.05) is 67.0 Å². The maximum atomic E-state index is 3.59. The van der Waals surface area contributed by atoms with Crippen LogP contribution in [-0.2, 0) is 5.41 Å². The molecule has 0 aromatic heterocycles. The van der Waals surface area contributed by atoms with E-state index < -0.39 is 0 Å². The monoisotopic (exact) mass is 316 g/mol. The predicted molar refractivity (Wildman–Crippen MR) is 87.8 cm³/mol. The molecule has 0 spiro atoms. The van der Waals surface area contributed by atoms with Crippen LogP contribution in [0.4, 0.5) is 0 Å². The van der Waals surface area contributed by atoms with Crippen LogP contribution in [0.3, 0.4) is 0 Å². The van der Waals surface area contributed by atoms with Gasteiger partial charge in [-0.15, -0.1) is 0 Å². The van der Waals surface area contributed by atoms with Crippen LogP contribution in [-0.4, -0.2) is 0 Å². The molecule has 0 nitrogen and oxygen atoms in total. The summed E-state index contributed by atoms with van der Waals surface area (Å²) >= 11 is 3.59. The summed E-state index contributed by atoms with van der Waals surface area (Å²) in [5.74, 6) is 0. The third kappa shape index (κ3) is 3.09. The highest BCUT2D eigenvalue weighted by Gasteiger charge is 2.13. The first-order valence-electron chi connectivity index (χ1n) is 6.67. The van der Waals surface area contributed by atoms with E-state index in [9.17, 15) is 0 Å². The van der Waals surface area contributed by atoms with Crippen LogP contribution in [0.25, 0.3) is 11.1 Å². The Balaban J connectivity index is 2.46. The quantitative estimate of drug-likeness (QED) is 0.602. The van der Waals surface area contributed by atoms with Crippen LogP contribution in [0.1, 0.15) is 37.5 Å². The second-order valence-corrected chi connectivity index (χ2v) is 7.10. The molecular weight excluding hydrogens is 296 g/mol. The van der Waals surface area contributed by atoms with E-state index in [1.807, 2.05) is 0 Å². The number of halogens is 1. The minimum Gasteiger partial charge on any atom is -0.0579 e. The molecule has 0 fully saturated rings. The number of aryl methyl sites for hydroxylation is 2. The molecule has 1 heteroatoms. The molecule has 0 saturated heterocycles. The second-order valence-electron chi connectivity index (χ2n) is 6.24. The van der Waals surface area contributed by atoms with E-state index >= 15 is 0 Å². The third-order valence-electron chi connectivity index (χ3n) is 3.57. The Labute approximate surface area is 125 Å². The predicted octanol–water partition coefficient (Wildman–Crippen LogP) is 6.03. The molecular formula is C18H21Br. The summed E-state index contributed by atoms with van der Waals surface area (Å²) in [6, 6.07) is 13.4. The molecule has 19 heavy (non-hydrogen) atoms. The Bertz CT molecular complexity index is 586. The summed E-state index contributed by atoms with van der Waals surface area (Å²) in [5, 5.41) is 0. The first-order chi connectivity index (χ1) is 8.79. The van der Waals surface area contributed by atoms with Gasteiger partial charge in [-0.3, -0.25) is 0 Å². The topological polar surface area (TPSA) is 0 Å². The van der Waals surface area contributed by atoms with Crippen molar-refractivity contribution in [3.63, 3.8) is 0 Å². The summed E-state index contributed by atoms with van der Waals surface area (Å²) < 4.78 is 1.18. The minimum atomic E-state index is 0.212. The standard InChI is InChI=1S/C18H21Br/c1-12-11-17(19)13(2)10-16(12)14-6-8-15(9-7-14)18(3,4)5/h6-11H,1-5H3. The van der Waals surface area contributed by atoms with Gasteiger partial charge in [0.05, 0.1) is 0 Å². The van der Waals surface area contributed by atoms with Gasteiger partial charge in [0.25, 0.3) is 0 Å². The first-order valence-corrected chi connectivity index (χ1v) is 7.46. The first kappa shape index (κ1) is 14.3. The molecule has 0 N–H and O–H groups in total. The zero-order valence-corrected chi connectivity index (χ0v) is 13.9. The van der Waals surface area contributed by atoms with Crippen LogP contribution in [0.15, 0.2) is 40.9 Å². The fourth-order valence-electron chi connectivity index (χ4n) is 2.24. The van der Waals surface area contributed by atoms with Gasteiger partial charge in [0.1, 0.15) is 0 Å². The van der Waals surface area contributed by atoms with Crippen molar-refractivity contribution in [1.29, 1.82) is 0 Å². The van der Waals surface area contributed by atoms with Crippen molar-refractivity contribution in [3.05, 3.63) is 57.6 Å². The van der Waals surface area contributed by atoms with Gasteiger partial charge in [-0.2, -0.15) is 0 Å². The van der Waals surface area contributed by atoms with Crippen molar-refractivity contribution in [2.75, 3.05) is 0 Å². The number of hydrogen-bond donors (Lipinski definition) is 0. The summed E-state index contributed by atoms with van der Waals surface area (Å²) in [6.07, 6.45) is 0. The van der Waals surface area contributed by atoms with E-state index in [0.717, 1.165) is 0 Å². The molecule has 0 amide bonds. The van der Waals surface area contributed by atoms with Crippen LogP contribution in [0.5, 0.6) is 0 Å². The fraction of sp³-hybridized carbons (Fsp3) is 0.333. The van der Waals surface area contributed by atoms with E-state index in [-0.39, 0.29) is 5.41 Å². The van der Waals surface area contributed by atoms with Gasteiger partial charge in [0.15, 0.2) is 0 Å². The average molecular weight is 317 g/mol. The fourth-order valence-corrected chi connectivity index (χ4v) is 2.70. The van der Waals surface area contributed by atoms with E-state index in [2.05, 4.69) is 86.9 Å². The lowest BCUT2D eigenvalue weighted by Gasteiger charge is -2.19. The van der Waals surface area contributed by atoms with Crippen LogP contribution < -0.4 is 0 Å². The summed E-state index contributed by atoms with van der Waals surface area (Å²) in [7, 11) is 0. The maximum Gasteiger partial charge on any atom is 0.0207 e. The molecule has 0 saturated carbocycles. The molecule has 2 aromatic rings. The van der Waals surface area contributed by atoms with Crippen molar-refractivity contribution in [3.8, 4) is 11.1 Å². The summed E-state index contributed by atoms with van der Waals surface area (Å²) in [4.78, 5) is 0. The zero-order valence-electron chi connectivity index (χ0n) is 12.3. The van der Waals surface area contributed by atoms with Crippen molar-refractivity contribution < 1.29 is 0 Å². The lowest BCUT2D eigenvalue weighted by molar-refractivity contribution is 0.590. The molecule has 0 radical (unpaired) electrons. The number of rotatable bonds is 1. The van der Waals surface area contributed by atoms with E-state index in [1.54, 1.807) is 0 Å². The van der Waals surface area contributed by atoms with E-state index in [4.69, 9.17) is 0 Å². The van der Waals surface area contributed by atoms with Crippen LogP contribution >= 0.6 is 15.9 Å². The van der Waals surface area contributed by atoms with E-state index in [1.165, 1.54) is 32.3 Å². The molecule has 0 aliphatic rings. The molecule has 0 aliphatic heterocycles. The smallest absolute Gasteiger partial charge is 0.0207 e. The highest BCUT2D eigenvalue weighted by Crippen LogP contribution is 2.31. The van der Waals surface area contributed by atoms with Crippen molar-refractivity contribution in [2.24, 2.45) is 0 Å². The SMILES string of the molecule is Cc1cc(-c2ccc(C(C)(C)C)cc2)c(C)cc1Br. The molecule has 0 unspecified atom stereocenters. The second kappa shape index (κ2) is 5.13. The highest BCUT2D eigenvalue weighted by molar-refractivity contribution is 9.10. The molecule has 0 bridgehead atoms. The van der Waals surface area contributed by atoms with Gasteiger partial charge < -0.3 is 0 Å². The van der Waals surface area contributed by atoms with Crippen LogP contribution in [0, 0.1) is 13.8 Å². The maximum absolute atomic E-state index is 3.59. The Morgan fingerprint density at radius 3 is 1.95 bits per heavy atom. The average Bonchev–Trinajstić information content (AvgIpc) is 2.33. The summed E-state index contributed by atoms with van der Waals surface area (Å²) in [6.45, 7) is 11.0. The summed E-state index contributed by atoms with van der Waals surface area (Å²) in [5.41, 5.74) is 6.79. The lowest BCUT2D eigenvalue weighted by atomic mass is 9.86. The molecule has 0 atom stereocenters. The van der Waals surface area contributed by atoms with Gasteiger partial charge >= 0.3 is 0 Å². The van der Waals surface area contributed by atoms with Crippen molar-refractivity contribution in [2.45, 2.75) is 40.0 Å². The van der Waals surface area contributed by atoms with Crippen LogP contribution in [0.2, 0.25) is 0 Å². The van der Waals surface area contributed by atoms with Crippen molar-refractivity contribution >= 4 is 15.9 Å². The zero-order chi connectivity index (χ0) is 14.2. The van der Waals surface area contributed by atoms with Gasteiger partial charge in [-0.05, 0) is 53.1 Å². The third-order valence-corrected chi connectivity index (χ3v) is 4.42. The van der Waals surface area contributed by atoms with Crippen molar-refractivity contribution in [1.82, 2.24) is 0 Å². The normalized spacial score (nSPS) is 11.7. The number of benzene rings is 2. The molecule has 2 rings (SSSR count). The Morgan fingerprint density at radius 1 is 0.842 bits per heavy atom. The molecule has 2 aromatic carbocycles. The Hall–Kier alpha value is -1.08. The lowest BCUT2D eigenvalue weighted by Crippen LogP contribution is -2.10. The Morgan fingerprint density at radius 2 is 1.42 bits per heavy atom. The van der Waals surface area contributed by atoms with E-state index in [0.29, 0.717) is 0 Å². The highest BCUT2D eigenvalue weighted by atomic mass is 79.9. The molecule has 0 aliphatic carbocycles.